The fourth-order valence-corrected chi connectivity index (χ4v) is 8.63. The van der Waals surface area contributed by atoms with E-state index in [1.54, 1.807) is 17.4 Å². The average molecular weight is 797 g/mol. The van der Waals surface area contributed by atoms with E-state index in [1.807, 2.05) is 93.1 Å². The van der Waals surface area contributed by atoms with Crippen LogP contribution in [0.1, 0.15) is 56.7 Å². The fourth-order valence-electron chi connectivity index (χ4n) is 7.76. The average Bonchev–Trinajstić information content (AvgIpc) is 3.73. The molecule has 0 saturated carbocycles. The lowest BCUT2D eigenvalue weighted by Crippen LogP contribution is -2.32. The number of rotatable bonds is 14. The monoisotopic (exact) mass is 796 g/mol. The number of esters is 1. The van der Waals surface area contributed by atoms with Crippen LogP contribution in [-0.4, -0.2) is 77.5 Å². The number of ketones is 2. The number of para-hydroxylation sites is 2. The number of anilines is 2. The van der Waals surface area contributed by atoms with Crippen LogP contribution in [0.4, 0.5) is 11.4 Å². The van der Waals surface area contributed by atoms with Crippen LogP contribution >= 0.6 is 11.3 Å². The van der Waals surface area contributed by atoms with Gasteiger partial charge in [-0.25, -0.2) is 4.98 Å². The summed E-state index contributed by atoms with van der Waals surface area (Å²) >= 11 is 1.67. The molecule has 58 heavy (non-hydrogen) atoms. The minimum Gasteiger partial charge on any atom is -0.507 e. The van der Waals surface area contributed by atoms with Crippen LogP contribution in [0.3, 0.4) is 0 Å². The molecular weight excluding hydrogens is 749 g/mol. The normalized spacial score (nSPS) is 18.2. The van der Waals surface area contributed by atoms with Gasteiger partial charge in [0.2, 0.25) is 5.78 Å². The van der Waals surface area contributed by atoms with Gasteiger partial charge >= 0.3 is 5.97 Å². The second-order valence-electron chi connectivity index (χ2n) is 15.0. The molecule has 0 spiro atoms. The van der Waals surface area contributed by atoms with Crippen molar-refractivity contribution in [3.05, 3.63) is 147 Å². The molecule has 1 aromatic heterocycles. The second-order valence-corrected chi connectivity index (χ2v) is 16.1. The maximum Gasteiger partial charge on any atom is 0.305 e. The van der Waals surface area contributed by atoms with Crippen molar-refractivity contribution in [2.45, 2.75) is 46.0 Å². The molecule has 10 nitrogen and oxygen atoms in total. The summed E-state index contributed by atoms with van der Waals surface area (Å²) < 4.78 is 6.88. The Bertz CT molecular complexity index is 2430. The lowest BCUT2D eigenvalue weighted by atomic mass is 9.78. The van der Waals surface area contributed by atoms with Crippen molar-refractivity contribution in [3.8, 4) is 0 Å². The number of Topliss-reactive ketones (excluding diaryl/α,β-unsaturated/α-hetero) is 1. The van der Waals surface area contributed by atoms with Crippen LogP contribution in [-0.2, 0) is 24.5 Å². The Hall–Kier alpha value is -6.20. The van der Waals surface area contributed by atoms with E-state index in [0.717, 1.165) is 38.7 Å². The van der Waals surface area contributed by atoms with E-state index in [4.69, 9.17) is 4.74 Å². The Morgan fingerprint density at radius 3 is 2.36 bits per heavy atom. The second kappa shape index (κ2) is 16.7. The lowest BCUT2D eigenvalue weighted by molar-refractivity contribution is -0.143. The first-order valence-electron chi connectivity index (χ1n) is 19.7. The first kappa shape index (κ1) is 40.0. The van der Waals surface area contributed by atoms with Gasteiger partial charge in [0.25, 0.3) is 0 Å². The number of thiazole rings is 1. The summed E-state index contributed by atoms with van der Waals surface area (Å²) in [6, 6.07) is 24.3. The zero-order chi connectivity index (χ0) is 41.1. The van der Waals surface area contributed by atoms with Gasteiger partial charge in [-0.15, -0.1) is 11.3 Å². The van der Waals surface area contributed by atoms with Gasteiger partial charge in [0.15, 0.2) is 5.78 Å². The number of ether oxygens (including phenoxy) is 1. The summed E-state index contributed by atoms with van der Waals surface area (Å²) in [5.41, 5.74) is 5.47. The number of carbonyl (C=O) groups excluding carboxylic acids is 3. The topological polar surface area (TPSA) is 124 Å². The Labute approximate surface area is 343 Å². The van der Waals surface area contributed by atoms with E-state index in [0.29, 0.717) is 38.3 Å². The Morgan fingerprint density at radius 1 is 0.931 bits per heavy atom. The third-order valence-electron chi connectivity index (χ3n) is 11.0. The van der Waals surface area contributed by atoms with Crippen LogP contribution in [0.25, 0.3) is 22.4 Å². The highest BCUT2D eigenvalue weighted by Crippen LogP contribution is 2.49. The van der Waals surface area contributed by atoms with Crippen molar-refractivity contribution in [2.75, 3.05) is 49.6 Å². The molecular formula is C47H48N4O6S. The van der Waals surface area contributed by atoms with Gasteiger partial charge < -0.3 is 29.6 Å². The number of allylic oxidation sites excluding steroid dienone is 7. The molecule has 2 heterocycles. The first-order valence-corrected chi connectivity index (χ1v) is 20.5. The highest BCUT2D eigenvalue weighted by Gasteiger charge is 2.44. The van der Waals surface area contributed by atoms with Gasteiger partial charge in [-0.2, -0.15) is 0 Å². The van der Waals surface area contributed by atoms with Gasteiger partial charge in [0, 0.05) is 73.4 Å². The Balaban J connectivity index is 0.961. The summed E-state index contributed by atoms with van der Waals surface area (Å²) in [6.07, 6.45) is 9.46. The molecule has 0 fully saturated rings. The number of nitrogens with zero attached hydrogens (tertiary/aromatic N) is 4. The fraction of sp³-hybridized carbons (Fsp3) is 0.277. The van der Waals surface area contributed by atoms with E-state index in [1.165, 1.54) is 16.9 Å². The van der Waals surface area contributed by atoms with Gasteiger partial charge in [0.1, 0.15) is 23.1 Å². The van der Waals surface area contributed by atoms with Gasteiger partial charge in [-0.05, 0) is 73.9 Å². The van der Waals surface area contributed by atoms with E-state index in [9.17, 15) is 24.6 Å². The van der Waals surface area contributed by atoms with Crippen LogP contribution in [0.5, 0.6) is 0 Å². The number of hydrogen-bond acceptors (Lipinski definition) is 11. The number of benzene rings is 3. The van der Waals surface area contributed by atoms with Crippen LogP contribution in [0.15, 0.2) is 131 Å². The zero-order valence-corrected chi connectivity index (χ0v) is 34.3. The van der Waals surface area contributed by atoms with Crippen molar-refractivity contribution in [2.24, 2.45) is 0 Å². The van der Waals surface area contributed by atoms with E-state index < -0.39 is 17.0 Å². The largest absolute Gasteiger partial charge is 0.507 e. The number of aliphatic hydroxyl groups excluding tert-OH is 2. The standard InChI is InChI=1S/C47H48N4O6S/c1-6-50(7-2)32-27-37(52)43(38(53)28-32)44-45(55)33(46(44)56)29-40-47(3,4)34-13-8-10-15-36(34)51(40)25-26-57-42(54)17-12-24-49(5)31-21-18-30(19-22-31)20-23-41-48-35-14-9-11-16-39(35)58-41/h8-11,13-16,18-23,27-29,52,55H,6-7,12,17,24-26H2,1-5H3/b23-20+,40-29?,44-43?. The maximum absolute atomic E-state index is 13.6. The minimum absolute atomic E-state index is 0.0548. The van der Waals surface area contributed by atoms with Crippen molar-refractivity contribution in [1.29, 1.82) is 0 Å². The predicted octanol–water partition coefficient (Wildman–Crippen LogP) is 8.85. The van der Waals surface area contributed by atoms with E-state index >= 15 is 0 Å². The van der Waals surface area contributed by atoms with Crippen LogP contribution in [0, 0.1) is 0 Å². The summed E-state index contributed by atoms with van der Waals surface area (Å²) in [4.78, 5) is 50.3. The molecule has 3 aromatic carbocycles. The molecule has 0 atom stereocenters. The number of carbonyl (C=O) groups is 3. The summed E-state index contributed by atoms with van der Waals surface area (Å²) in [6.45, 7) is 10.4. The maximum atomic E-state index is 13.6. The molecule has 3 aliphatic rings. The lowest BCUT2D eigenvalue weighted by Gasteiger charge is -2.30. The zero-order valence-electron chi connectivity index (χ0n) is 33.5. The van der Waals surface area contributed by atoms with E-state index in [-0.39, 0.29) is 47.2 Å². The molecule has 0 unspecified atom stereocenters. The molecule has 1 aliphatic heterocycles. The highest BCUT2D eigenvalue weighted by molar-refractivity contribution is 7.19. The molecule has 0 amide bonds. The van der Waals surface area contributed by atoms with Gasteiger partial charge in [-0.3, -0.25) is 14.4 Å². The summed E-state index contributed by atoms with van der Waals surface area (Å²) in [7, 11) is 2.00. The minimum atomic E-state index is -0.559. The summed E-state index contributed by atoms with van der Waals surface area (Å²) in [5.74, 6) is -2.04. The number of fused-ring (bicyclic) bond motifs is 2. The molecule has 298 valence electrons. The number of hydrogen-bond donors (Lipinski definition) is 2. The number of aliphatic hydroxyl groups is 2. The number of aromatic nitrogens is 1. The third kappa shape index (κ3) is 7.86. The van der Waals surface area contributed by atoms with Crippen LogP contribution in [0.2, 0.25) is 0 Å². The third-order valence-corrected chi connectivity index (χ3v) is 12.0. The Morgan fingerprint density at radius 2 is 1.66 bits per heavy atom. The number of likely N-dealkylation sites (N-methyl/N-ethyl adjacent to an activating group) is 1. The van der Waals surface area contributed by atoms with Crippen molar-refractivity contribution in [3.63, 3.8) is 0 Å². The molecule has 11 heteroatoms. The molecule has 4 aromatic rings. The summed E-state index contributed by atoms with van der Waals surface area (Å²) in [5, 5.41) is 23.0. The first-order chi connectivity index (χ1) is 27.9. The molecule has 2 aliphatic carbocycles. The molecule has 7 rings (SSSR count). The van der Waals surface area contributed by atoms with Crippen molar-refractivity contribution < 1.29 is 29.3 Å². The van der Waals surface area contributed by atoms with Crippen molar-refractivity contribution >= 4 is 62.6 Å². The smallest absolute Gasteiger partial charge is 0.305 e. The Kier molecular flexibility index (Phi) is 11.5. The van der Waals surface area contributed by atoms with Crippen LogP contribution < -0.4 is 9.80 Å². The molecule has 0 bridgehead atoms. The SMILES string of the molecule is CCN(CC)C1=CC(=O)C(=C2C(=O)C(C=C3N(CCOC(=O)CCCN(C)c4ccc(/C=C/c5nc6ccccc6s5)cc4)c4ccccc4C3(C)C)=C2O)C(O)=C1. The highest BCUT2D eigenvalue weighted by atomic mass is 32.1. The molecule has 0 radical (unpaired) electrons. The molecule has 2 N–H and O–H groups in total. The van der Waals surface area contributed by atoms with Gasteiger partial charge in [0.05, 0.1) is 33.5 Å². The molecule has 0 saturated heterocycles. The van der Waals surface area contributed by atoms with Crippen molar-refractivity contribution in [1.82, 2.24) is 9.88 Å². The van der Waals surface area contributed by atoms with Gasteiger partial charge in [-0.1, -0.05) is 62.4 Å². The quantitative estimate of drug-likeness (QED) is 0.0945. The van der Waals surface area contributed by atoms with E-state index in [2.05, 4.69) is 46.3 Å². The predicted molar refractivity (Wildman–Crippen MR) is 232 cm³/mol.